The molecule has 2 unspecified atom stereocenters. The third-order valence-electron chi connectivity index (χ3n) is 4.18. The summed E-state index contributed by atoms with van der Waals surface area (Å²) in [5.41, 5.74) is -0.824. The molecule has 1 heterocycles. The number of alkyl halides is 1. The molecule has 4 nitrogen and oxygen atoms in total. The third kappa shape index (κ3) is 5.44. The van der Waals surface area contributed by atoms with Crippen LogP contribution in [-0.2, 0) is 11.2 Å². The number of ether oxygens (including phenoxy) is 1. The van der Waals surface area contributed by atoms with Crippen LogP contribution in [0.1, 0.15) is 19.6 Å². The number of aliphatic carboxylic acids is 1. The number of para-hydroxylation sites is 1. The van der Waals surface area contributed by atoms with Crippen LogP contribution in [0.3, 0.4) is 0 Å². The Morgan fingerprint density at radius 3 is 2.46 bits per heavy atom. The number of benzene rings is 1. The maximum atomic E-state index is 11.8. The van der Waals surface area contributed by atoms with Crippen LogP contribution >= 0.6 is 34.8 Å². The number of carbonyl (C=O) groups is 1. The molecule has 0 saturated carbocycles. The first-order chi connectivity index (χ1) is 12.2. The van der Waals surface area contributed by atoms with E-state index in [1.807, 2.05) is 18.2 Å². The Balaban J connectivity index is 2.15. The second kappa shape index (κ2) is 8.85. The summed E-state index contributed by atoms with van der Waals surface area (Å²) in [6.45, 7) is 3.50. The molecule has 0 saturated heterocycles. The Bertz CT molecular complexity index is 764. The van der Waals surface area contributed by atoms with Gasteiger partial charge < -0.3 is 14.3 Å². The van der Waals surface area contributed by atoms with Gasteiger partial charge in [-0.25, -0.2) is 0 Å². The van der Waals surface area contributed by atoms with Crippen LogP contribution < -0.4 is 4.74 Å². The van der Waals surface area contributed by atoms with E-state index in [1.54, 1.807) is 38.1 Å². The number of allylic oxidation sites excluding steroid dienone is 1. The van der Waals surface area contributed by atoms with Crippen LogP contribution in [0, 0.1) is 11.3 Å². The summed E-state index contributed by atoms with van der Waals surface area (Å²) in [7, 11) is 0. The van der Waals surface area contributed by atoms with Crippen LogP contribution in [-0.4, -0.2) is 16.5 Å². The van der Waals surface area contributed by atoms with Crippen molar-refractivity contribution in [3.05, 3.63) is 58.8 Å². The first-order valence-electron chi connectivity index (χ1n) is 7.91. The summed E-state index contributed by atoms with van der Waals surface area (Å²) in [5, 5.41) is 9.01. The summed E-state index contributed by atoms with van der Waals surface area (Å²) in [6.07, 6.45) is 1.57. The van der Waals surface area contributed by atoms with Gasteiger partial charge in [-0.05, 0) is 29.7 Å². The van der Waals surface area contributed by atoms with Crippen LogP contribution in [0.25, 0.3) is 0 Å². The van der Waals surface area contributed by atoms with E-state index in [2.05, 4.69) is 0 Å². The standard InChI is InChI=1S/C19H19Cl3O4/c1-19(2,15(20)11-16(21)22)14(18(23)24)10-13-8-9-17(26-13)25-12-6-4-3-5-7-12/h3-9,11,14-15H,10H2,1-2H3,(H,23,24). The second-order valence-corrected chi connectivity index (χ2v) is 7.89. The van der Waals surface area contributed by atoms with Gasteiger partial charge in [0.05, 0.1) is 11.3 Å². The number of hydrogen-bond acceptors (Lipinski definition) is 3. The van der Waals surface area contributed by atoms with Crippen LogP contribution in [0.5, 0.6) is 11.7 Å². The molecule has 0 amide bonds. The molecule has 0 fully saturated rings. The molecule has 1 aromatic heterocycles. The first kappa shape index (κ1) is 20.7. The van der Waals surface area contributed by atoms with Crippen molar-refractivity contribution in [2.75, 3.05) is 0 Å². The quantitative estimate of drug-likeness (QED) is 0.514. The van der Waals surface area contributed by atoms with Gasteiger partial charge in [0.25, 0.3) is 5.95 Å². The number of halogens is 3. The molecule has 1 aromatic carbocycles. The molecule has 0 radical (unpaired) electrons. The Hall–Kier alpha value is -1.62. The van der Waals surface area contributed by atoms with Gasteiger partial charge in [0.15, 0.2) is 0 Å². The minimum absolute atomic E-state index is 0.00115. The summed E-state index contributed by atoms with van der Waals surface area (Å²) in [4.78, 5) is 11.8. The minimum Gasteiger partial charge on any atom is -0.481 e. The van der Waals surface area contributed by atoms with Crippen molar-refractivity contribution in [1.29, 1.82) is 0 Å². The van der Waals surface area contributed by atoms with Crippen molar-refractivity contribution in [3.63, 3.8) is 0 Å². The van der Waals surface area contributed by atoms with Gasteiger partial charge in [0.1, 0.15) is 16.0 Å². The van der Waals surface area contributed by atoms with Crippen molar-refractivity contribution in [3.8, 4) is 11.7 Å². The average molecular weight is 418 g/mol. The average Bonchev–Trinajstić information content (AvgIpc) is 2.99. The molecule has 2 rings (SSSR count). The van der Waals surface area contributed by atoms with Gasteiger partial charge in [0, 0.05) is 12.5 Å². The van der Waals surface area contributed by atoms with Crippen molar-refractivity contribution in [2.24, 2.45) is 11.3 Å². The molecule has 0 aliphatic rings. The smallest absolute Gasteiger partial charge is 0.307 e. The molecule has 140 valence electrons. The zero-order valence-electron chi connectivity index (χ0n) is 14.3. The zero-order valence-corrected chi connectivity index (χ0v) is 16.6. The normalized spacial score (nSPS) is 13.7. The summed E-state index contributed by atoms with van der Waals surface area (Å²) < 4.78 is 11.2. The highest BCUT2D eigenvalue weighted by Gasteiger charge is 2.40. The fourth-order valence-electron chi connectivity index (χ4n) is 2.51. The lowest BCUT2D eigenvalue weighted by Crippen LogP contribution is -2.38. The zero-order chi connectivity index (χ0) is 19.3. The maximum Gasteiger partial charge on any atom is 0.307 e. The lowest BCUT2D eigenvalue weighted by molar-refractivity contribution is -0.145. The molecule has 7 heteroatoms. The molecule has 26 heavy (non-hydrogen) atoms. The van der Waals surface area contributed by atoms with E-state index in [0.29, 0.717) is 17.5 Å². The monoisotopic (exact) mass is 416 g/mol. The number of carboxylic acid groups (broad SMARTS) is 1. The summed E-state index contributed by atoms with van der Waals surface area (Å²) in [6, 6.07) is 12.5. The number of hydrogen-bond donors (Lipinski definition) is 1. The number of furan rings is 1. The van der Waals surface area contributed by atoms with E-state index < -0.39 is 22.7 Å². The second-order valence-electron chi connectivity index (χ2n) is 6.41. The number of carboxylic acids is 1. The molecule has 0 spiro atoms. The fourth-order valence-corrected chi connectivity index (χ4v) is 3.17. The lowest BCUT2D eigenvalue weighted by atomic mass is 9.74. The van der Waals surface area contributed by atoms with Gasteiger partial charge >= 0.3 is 5.97 Å². The van der Waals surface area contributed by atoms with Gasteiger partial charge in [-0.15, -0.1) is 11.6 Å². The first-order valence-corrected chi connectivity index (χ1v) is 9.10. The largest absolute Gasteiger partial charge is 0.481 e. The topological polar surface area (TPSA) is 59.7 Å². The molecule has 0 aliphatic carbocycles. The predicted octanol–water partition coefficient (Wildman–Crippen LogP) is 6.27. The van der Waals surface area contributed by atoms with Crippen LogP contribution in [0.2, 0.25) is 0 Å². The van der Waals surface area contributed by atoms with E-state index in [1.165, 1.54) is 6.08 Å². The van der Waals surface area contributed by atoms with Crippen LogP contribution in [0.15, 0.2) is 57.4 Å². The van der Waals surface area contributed by atoms with E-state index in [-0.39, 0.29) is 10.9 Å². The van der Waals surface area contributed by atoms with Crippen molar-refractivity contribution in [1.82, 2.24) is 0 Å². The third-order valence-corrected chi connectivity index (χ3v) is 5.12. The molecule has 0 bridgehead atoms. The molecular weight excluding hydrogens is 399 g/mol. The molecule has 0 aliphatic heterocycles. The van der Waals surface area contributed by atoms with E-state index in [4.69, 9.17) is 44.0 Å². The van der Waals surface area contributed by atoms with Crippen molar-refractivity contribution >= 4 is 40.8 Å². The lowest BCUT2D eigenvalue weighted by Gasteiger charge is -2.34. The summed E-state index contributed by atoms with van der Waals surface area (Å²) >= 11 is 17.6. The Labute approximate surface area is 167 Å². The van der Waals surface area contributed by atoms with E-state index in [0.717, 1.165) is 0 Å². The van der Waals surface area contributed by atoms with Crippen molar-refractivity contribution in [2.45, 2.75) is 25.6 Å². The minimum atomic E-state index is -0.985. The highest BCUT2D eigenvalue weighted by molar-refractivity contribution is 6.56. The molecule has 2 atom stereocenters. The van der Waals surface area contributed by atoms with Crippen LogP contribution in [0.4, 0.5) is 0 Å². The van der Waals surface area contributed by atoms with Gasteiger partial charge in [-0.1, -0.05) is 55.2 Å². The Kier molecular flexibility index (Phi) is 7.04. The highest BCUT2D eigenvalue weighted by Crippen LogP contribution is 2.39. The molecular formula is C19H19Cl3O4. The molecule has 2 aromatic rings. The SMILES string of the molecule is CC(C)(C(Cl)C=C(Cl)Cl)C(Cc1ccc(Oc2ccccc2)o1)C(=O)O. The molecule has 1 N–H and O–H groups in total. The fraction of sp³-hybridized carbons (Fsp3) is 0.316. The Morgan fingerprint density at radius 1 is 1.23 bits per heavy atom. The predicted molar refractivity (Wildman–Crippen MR) is 103 cm³/mol. The number of rotatable bonds is 8. The van der Waals surface area contributed by atoms with E-state index in [9.17, 15) is 9.90 Å². The van der Waals surface area contributed by atoms with Crippen molar-refractivity contribution < 1.29 is 19.1 Å². The maximum absolute atomic E-state index is 11.8. The van der Waals surface area contributed by atoms with Gasteiger partial charge in [-0.2, -0.15) is 0 Å². The highest BCUT2D eigenvalue weighted by atomic mass is 35.5. The summed E-state index contributed by atoms with van der Waals surface area (Å²) in [5.74, 6) is -0.391. The van der Waals surface area contributed by atoms with E-state index >= 15 is 0 Å². The van der Waals surface area contributed by atoms with Gasteiger partial charge in [-0.3, -0.25) is 4.79 Å². The van der Waals surface area contributed by atoms with Gasteiger partial charge in [0.2, 0.25) is 0 Å². The Morgan fingerprint density at radius 2 is 1.88 bits per heavy atom.